The summed E-state index contributed by atoms with van der Waals surface area (Å²) >= 11 is 0. The van der Waals surface area contributed by atoms with Crippen molar-refractivity contribution in [3.8, 4) is 0 Å². The lowest BCUT2D eigenvalue weighted by molar-refractivity contribution is 0.248. The SMILES string of the molecule is Nc1cccc(C2CCCN2Cc2ccncc2)c1. The molecule has 0 radical (unpaired) electrons. The quantitative estimate of drug-likeness (QED) is 0.855. The smallest absolute Gasteiger partial charge is 0.0352 e. The topological polar surface area (TPSA) is 42.1 Å². The lowest BCUT2D eigenvalue weighted by Gasteiger charge is -2.25. The number of nitrogens with two attached hydrogens (primary N) is 1. The number of likely N-dealkylation sites (tertiary alicyclic amines) is 1. The van der Waals surface area contributed by atoms with Crippen molar-refractivity contribution in [3.63, 3.8) is 0 Å². The van der Waals surface area contributed by atoms with Crippen molar-refractivity contribution in [2.75, 3.05) is 12.3 Å². The number of aromatic nitrogens is 1. The largest absolute Gasteiger partial charge is 0.399 e. The van der Waals surface area contributed by atoms with Gasteiger partial charge in [-0.25, -0.2) is 0 Å². The normalized spacial score (nSPS) is 19.7. The fourth-order valence-corrected chi connectivity index (χ4v) is 2.88. The number of pyridine rings is 1. The predicted octanol–water partition coefficient (Wildman–Crippen LogP) is 3.00. The molecule has 2 N–H and O–H groups in total. The van der Waals surface area contributed by atoms with Crippen molar-refractivity contribution in [1.29, 1.82) is 0 Å². The molecule has 2 heterocycles. The number of nitrogens with zero attached hydrogens (tertiary/aromatic N) is 2. The average molecular weight is 253 g/mol. The molecule has 1 aromatic carbocycles. The van der Waals surface area contributed by atoms with Crippen LogP contribution in [0.1, 0.15) is 30.0 Å². The van der Waals surface area contributed by atoms with Gasteiger partial charge in [0.25, 0.3) is 0 Å². The van der Waals surface area contributed by atoms with Gasteiger partial charge in [0, 0.05) is 30.7 Å². The van der Waals surface area contributed by atoms with Crippen LogP contribution in [0.25, 0.3) is 0 Å². The Morgan fingerprint density at radius 2 is 2.05 bits per heavy atom. The molecule has 0 aliphatic carbocycles. The van der Waals surface area contributed by atoms with Crippen molar-refractivity contribution in [3.05, 3.63) is 59.9 Å². The minimum absolute atomic E-state index is 0.497. The van der Waals surface area contributed by atoms with Gasteiger partial charge in [-0.2, -0.15) is 0 Å². The maximum absolute atomic E-state index is 5.90. The van der Waals surface area contributed by atoms with E-state index < -0.39 is 0 Å². The molecule has 0 amide bonds. The first-order chi connectivity index (χ1) is 9.33. The fraction of sp³-hybridized carbons (Fsp3) is 0.312. The van der Waals surface area contributed by atoms with Crippen LogP contribution in [-0.2, 0) is 6.54 Å². The maximum atomic E-state index is 5.90. The van der Waals surface area contributed by atoms with Gasteiger partial charge in [-0.3, -0.25) is 9.88 Å². The third-order valence-corrected chi connectivity index (χ3v) is 3.79. The number of nitrogen functional groups attached to an aromatic ring is 1. The highest BCUT2D eigenvalue weighted by Crippen LogP contribution is 2.33. The summed E-state index contributed by atoms with van der Waals surface area (Å²) in [4.78, 5) is 6.61. The molecule has 0 saturated carbocycles. The van der Waals surface area contributed by atoms with Crippen LogP contribution < -0.4 is 5.73 Å². The second-order valence-corrected chi connectivity index (χ2v) is 5.15. The Bertz CT molecular complexity index is 539. The van der Waals surface area contributed by atoms with Crippen molar-refractivity contribution in [2.24, 2.45) is 0 Å². The molecular weight excluding hydrogens is 234 g/mol. The highest BCUT2D eigenvalue weighted by Gasteiger charge is 2.25. The Balaban J connectivity index is 1.78. The van der Waals surface area contributed by atoms with Crippen LogP contribution in [0.5, 0.6) is 0 Å². The molecule has 1 unspecified atom stereocenters. The van der Waals surface area contributed by atoms with E-state index in [9.17, 15) is 0 Å². The lowest BCUT2D eigenvalue weighted by Crippen LogP contribution is -2.22. The zero-order valence-electron chi connectivity index (χ0n) is 11.0. The molecule has 3 nitrogen and oxygen atoms in total. The molecule has 19 heavy (non-hydrogen) atoms. The summed E-state index contributed by atoms with van der Waals surface area (Å²) in [6, 6.07) is 13.0. The molecule has 0 bridgehead atoms. The molecule has 1 fully saturated rings. The Labute approximate surface area is 114 Å². The highest BCUT2D eigenvalue weighted by atomic mass is 15.2. The van der Waals surface area contributed by atoms with Crippen LogP contribution >= 0.6 is 0 Å². The summed E-state index contributed by atoms with van der Waals surface area (Å²) in [7, 11) is 0. The Kier molecular flexibility index (Phi) is 3.47. The van der Waals surface area contributed by atoms with E-state index in [4.69, 9.17) is 5.73 Å². The van der Waals surface area contributed by atoms with E-state index in [1.807, 2.05) is 24.5 Å². The maximum Gasteiger partial charge on any atom is 0.0352 e. The molecule has 98 valence electrons. The predicted molar refractivity (Wildman–Crippen MR) is 77.5 cm³/mol. The van der Waals surface area contributed by atoms with Crippen LogP contribution in [-0.4, -0.2) is 16.4 Å². The van der Waals surface area contributed by atoms with Crippen LogP contribution in [0.4, 0.5) is 5.69 Å². The number of anilines is 1. The number of hydrogen-bond acceptors (Lipinski definition) is 3. The van der Waals surface area contributed by atoms with Gasteiger partial charge in [-0.05, 0) is 54.8 Å². The second-order valence-electron chi connectivity index (χ2n) is 5.15. The number of hydrogen-bond donors (Lipinski definition) is 1. The van der Waals surface area contributed by atoms with E-state index in [1.54, 1.807) is 0 Å². The molecule has 3 rings (SSSR count). The van der Waals surface area contributed by atoms with Crippen LogP contribution in [0.15, 0.2) is 48.8 Å². The lowest BCUT2D eigenvalue weighted by atomic mass is 10.0. The summed E-state index contributed by atoms with van der Waals surface area (Å²) in [6.45, 7) is 2.14. The van der Waals surface area contributed by atoms with E-state index in [-0.39, 0.29) is 0 Å². The molecular formula is C16H19N3. The summed E-state index contributed by atoms with van der Waals surface area (Å²) in [5.41, 5.74) is 9.42. The van der Waals surface area contributed by atoms with Gasteiger partial charge in [0.2, 0.25) is 0 Å². The summed E-state index contributed by atoms with van der Waals surface area (Å²) in [5.74, 6) is 0. The molecule has 1 aliphatic rings. The second kappa shape index (κ2) is 5.41. The number of benzene rings is 1. The van der Waals surface area contributed by atoms with E-state index in [1.165, 1.54) is 24.0 Å². The van der Waals surface area contributed by atoms with E-state index in [2.05, 4.69) is 34.1 Å². The molecule has 1 saturated heterocycles. The molecule has 3 heteroatoms. The Hall–Kier alpha value is -1.87. The Morgan fingerprint density at radius 1 is 1.21 bits per heavy atom. The molecule has 1 atom stereocenters. The van der Waals surface area contributed by atoms with Crippen LogP contribution in [0.3, 0.4) is 0 Å². The monoisotopic (exact) mass is 253 g/mol. The molecule has 1 aliphatic heterocycles. The van der Waals surface area contributed by atoms with Gasteiger partial charge in [0.15, 0.2) is 0 Å². The standard InChI is InChI=1S/C16H19N3/c17-15-4-1-3-14(11-15)16-5-2-10-19(16)12-13-6-8-18-9-7-13/h1,3-4,6-9,11,16H,2,5,10,12,17H2. The van der Waals surface area contributed by atoms with E-state index in [0.717, 1.165) is 18.8 Å². The van der Waals surface area contributed by atoms with Gasteiger partial charge >= 0.3 is 0 Å². The average Bonchev–Trinajstić information content (AvgIpc) is 2.88. The first kappa shape index (κ1) is 12.2. The number of rotatable bonds is 3. The fourth-order valence-electron chi connectivity index (χ4n) is 2.88. The summed E-state index contributed by atoms with van der Waals surface area (Å²) in [6.07, 6.45) is 6.20. The molecule has 1 aromatic heterocycles. The van der Waals surface area contributed by atoms with Crippen LogP contribution in [0.2, 0.25) is 0 Å². The van der Waals surface area contributed by atoms with Crippen molar-refractivity contribution in [2.45, 2.75) is 25.4 Å². The zero-order valence-corrected chi connectivity index (χ0v) is 11.0. The first-order valence-electron chi connectivity index (χ1n) is 6.81. The summed E-state index contributed by atoms with van der Waals surface area (Å²) < 4.78 is 0. The third-order valence-electron chi connectivity index (χ3n) is 3.79. The van der Waals surface area contributed by atoms with Crippen molar-refractivity contribution >= 4 is 5.69 Å². The zero-order chi connectivity index (χ0) is 13.1. The van der Waals surface area contributed by atoms with Gasteiger partial charge in [0.1, 0.15) is 0 Å². The van der Waals surface area contributed by atoms with Gasteiger partial charge < -0.3 is 5.73 Å². The van der Waals surface area contributed by atoms with Gasteiger partial charge in [-0.1, -0.05) is 12.1 Å². The third kappa shape index (κ3) is 2.76. The Morgan fingerprint density at radius 3 is 2.84 bits per heavy atom. The van der Waals surface area contributed by atoms with E-state index >= 15 is 0 Å². The van der Waals surface area contributed by atoms with Gasteiger partial charge in [0.05, 0.1) is 0 Å². The minimum Gasteiger partial charge on any atom is -0.399 e. The molecule has 2 aromatic rings. The molecule has 0 spiro atoms. The minimum atomic E-state index is 0.497. The van der Waals surface area contributed by atoms with Crippen LogP contribution in [0, 0.1) is 0 Å². The highest BCUT2D eigenvalue weighted by molar-refractivity contribution is 5.42. The summed E-state index contributed by atoms with van der Waals surface area (Å²) in [5, 5.41) is 0. The van der Waals surface area contributed by atoms with Crippen molar-refractivity contribution < 1.29 is 0 Å². The van der Waals surface area contributed by atoms with Gasteiger partial charge in [-0.15, -0.1) is 0 Å². The van der Waals surface area contributed by atoms with Crippen molar-refractivity contribution in [1.82, 2.24) is 9.88 Å². The first-order valence-corrected chi connectivity index (χ1v) is 6.81. The van der Waals surface area contributed by atoms with E-state index in [0.29, 0.717) is 6.04 Å².